The van der Waals surface area contributed by atoms with Gasteiger partial charge in [-0.05, 0) is 42.7 Å². The van der Waals surface area contributed by atoms with Gasteiger partial charge in [-0.2, -0.15) is 0 Å². The molecule has 2 aromatic rings. The Hall–Kier alpha value is -2.38. The minimum Gasteiger partial charge on any atom is -0.380 e. The van der Waals surface area contributed by atoms with E-state index in [2.05, 4.69) is 5.32 Å². The van der Waals surface area contributed by atoms with Gasteiger partial charge in [-0.15, -0.1) is 0 Å². The molecule has 0 aromatic heterocycles. The molecule has 1 amide bonds. The number of para-hydroxylation sites is 1. The van der Waals surface area contributed by atoms with Crippen molar-refractivity contribution in [1.29, 1.82) is 0 Å². The molecule has 27 heavy (non-hydrogen) atoms. The molecule has 0 atom stereocenters. The highest BCUT2D eigenvalue weighted by Gasteiger charge is 2.19. The second-order valence-corrected chi connectivity index (χ2v) is 8.31. The number of carbonyl (C=O) groups excluding carboxylic acids is 1. The summed E-state index contributed by atoms with van der Waals surface area (Å²) in [4.78, 5) is 12.2. The molecule has 0 aliphatic heterocycles. The highest BCUT2D eigenvalue weighted by atomic mass is 32.2. The lowest BCUT2D eigenvalue weighted by atomic mass is 10.2. The van der Waals surface area contributed by atoms with Crippen molar-refractivity contribution >= 4 is 27.3 Å². The predicted molar refractivity (Wildman–Crippen MR) is 108 cm³/mol. The Morgan fingerprint density at radius 3 is 2.56 bits per heavy atom. The Morgan fingerprint density at radius 1 is 1.15 bits per heavy atom. The molecule has 0 radical (unpaired) electrons. The van der Waals surface area contributed by atoms with Crippen LogP contribution in [0.15, 0.2) is 48.5 Å². The molecule has 6 nitrogen and oxygen atoms in total. The second kappa shape index (κ2) is 9.53. The largest absolute Gasteiger partial charge is 0.380 e. The topological polar surface area (TPSA) is 75.7 Å². The summed E-state index contributed by atoms with van der Waals surface area (Å²) in [6, 6.07) is 14.8. The zero-order valence-electron chi connectivity index (χ0n) is 15.9. The molecule has 0 saturated heterocycles. The van der Waals surface area contributed by atoms with Crippen LogP contribution in [-0.2, 0) is 26.2 Å². The molecule has 0 aliphatic rings. The van der Waals surface area contributed by atoms with Gasteiger partial charge in [-0.3, -0.25) is 9.10 Å². The zero-order chi connectivity index (χ0) is 19.9. The predicted octanol–water partition coefficient (Wildman–Crippen LogP) is 3.33. The van der Waals surface area contributed by atoms with Gasteiger partial charge in [0.1, 0.15) is 0 Å². The quantitative estimate of drug-likeness (QED) is 0.713. The van der Waals surface area contributed by atoms with E-state index in [9.17, 15) is 13.2 Å². The molecule has 2 rings (SSSR count). The number of methoxy groups -OCH3 is 1. The molecule has 0 aliphatic carbocycles. The highest BCUT2D eigenvalue weighted by Crippen LogP contribution is 2.22. The maximum absolute atomic E-state index is 12.2. The highest BCUT2D eigenvalue weighted by molar-refractivity contribution is 7.92. The number of amides is 1. The number of benzene rings is 2. The Morgan fingerprint density at radius 2 is 1.89 bits per heavy atom. The Balaban J connectivity index is 1.96. The minimum absolute atomic E-state index is 0.150. The number of anilines is 2. The normalized spacial score (nSPS) is 11.2. The molecule has 0 saturated carbocycles. The number of nitrogens with zero attached hydrogens (tertiary/aromatic N) is 1. The first-order chi connectivity index (χ1) is 12.8. The van der Waals surface area contributed by atoms with Gasteiger partial charge in [-0.25, -0.2) is 8.42 Å². The third-order valence-corrected chi connectivity index (χ3v) is 5.25. The summed E-state index contributed by atoms with van der Waals surface area (Å²) in [6.07, 6.45) is 1.83. The fourth-order valence-electron chi connectivity index (χ4n) is 2.82. The van der Waals surface area contributed by atoms with Crippen molar-refractivity contribution < 1.29 is 17.9 Å². The number of carbonyl (C=O) groups is 1. The molecule has 0 bridgehead atoms. The monoisotopic (exact) mass is 390 g/mol. The van der Waals surface area contributed by atoms with E-state index >= 15 is 0 Å². The van der Waals surface area contributed by atoms with Crippen LogP contribution in [0.2, 0.25) is 0 Å². The van der Waals surface area contributed by atoms with Crippen LogP contribution in [0, 0.1) is 6.92 Å². The van der Waals surface area contributed by atoms with Gasteiger partial charge < -0.3 is 10.1 Å². The third kappa shape index (κ3) is 6.37. The van der Waals surface area contributed by atoms with E-state index in [4.69, 9.17) is 4.74 Å². The van der Waals surface area contributed by atoms with Gasteiger partial charge in [0, 0.05) is 25.8 Å². The zero-order valence-corrected chi connectivity index (χ0v) is 16.8. The number of sulfonamides is 1. The number of aryl methyl sites for hydroxylation is 1. The van der Waals surface area contributed by atoms with E-state index in [1.807, 2.05) is 43.3 Å². The van der Waals surface area contributed by atoms with Crippen LogP contribution in [0.5, 0.6) is 0 Å². The number of hydrogen-bond donors (Lipinski definition) is 1. The third-order valence-electron chi connectivity index (χ3n) is 4.07. The lowest BCUT2D eigenvalue weighted by Crippen LogP contribution is -2.32. The average molecular weight is 391 g/mol. The van der Waals surface area contributed by atoms with Gasteiger partial charge >= 0.3 is 0 Å². The van der Waals surface area contributed by atoms with Crippen molar-refractivity contribution in [3.05, 3.63) is 59.7 Å². The first-order valence-corrected chi connectivity index (χ1v) is 10.6. The van der Waals surface area contributed by atoms with E-state index in [0.29, 0.717) is 24.4 Å². The molecular formula is C20H26N2O4S. The van der Waals surface area contributed by atoms with Gasteiger partial charge in [0.15, 0.2) is 0 Å². The molecule has 0 spiro atoms. The van der Waals surface area contributed by atoms with Crippen molar-refractivity contribution in [2.24, 2.45) is 0 Å². The van der Waals surface area contributed by atoms with Crippen LogP contribution >= 0.6 is 0 Å². The number of hydrogen-bond acceptors (Lipinski definition) is 4. The SMILES string of the molecule is COCc1cccc(NC(=O)CCCN(c2ccccc2C)S(C)(=O)=O)c1. The van der Waals surface area contributed by atoms with Crippen molar-refractivity contribution in [3.8, 4) is 0 Å². The van der Waals surface area contributed by atoms with E-state index in [1.165, 1.54) is 10.6 Å². The summed E-state index contributed by atoms with van der Waals surface area (Å²) in [5.74, 6) is -0.150. The van der Waals surface area contributed by atoms with Gasteiger partial charge in [0.05, 0.1) is 18.6 Å². The molecule has 7 heteroatoms. The maximum Gasteiger partial charge on any atom is 0.232 e. The molecule has 0 unspecified atom stereocenters. The Bertz CT molecular complexity index is 881. The summed E-state index contributed by atoms with van der Waals surface area (Å²) in [7, 11) is -1.80. The first kappa shape index (κ1) is 20.9. The van der Waals surface area contributed by atoms with Crippen LogP contribution in [0.3, 0.4) is 0 Å². The van der Waals surface area contributed by atoms with Crippen LogP contribution in [0.4, 0.5) is 11.4 Å². The van der Waals surface area contributed by atoms with Crippen LogP contribution < -0.4 is 9.62 Å². The second-order valence-electron chi connectivity index (χ2n) is 6.41. The fraction of sp³-hybridized carbons (Fsp3) is 0.350. The number of ether oxygens (including phenoxy) is 1. The first-order valence-electron chi connectivity index (χ1n) is 8.72. The molecule has 0 fully saturated rings. The molecule has 2 aromatic carbocycles. The van der Waals surface area contributed by atoms with Crippen molar-refractivity contribution in [2.75, 3.05) is 29.5 Å². The van der Waals surface area contributed by atoms with E-state index in [0.717, 1.165) is 11.1 Å². The van der Waals surface area contributed by atoms with Crippen LogP contribution in [-0.4, -0.2) is 34.2 Å². The Kier molecular flexibility index (Phi) is 7.38. The van der Waals surface area contributed by atoms with Crippen molar-refractivity contribution in [2.45, 2.75) is 26.4 Å². The van der Waals surface area contributed by atoms with Crippen molar-refractivity contribution in [1.82, 2.24) is 0 Å². The van der Waals surface area contributed by atoms with Gasteiger partial charge in [0.25, 0.3) is 0 Å². The van der Waals surface area contributed by atoms with Crippen LogP contribution in [0.1, 0.15) is 24.0 Å². The standard InChI is InChI=1S/C20H26N2O4S/c1-16-8-4-5-11-19(16)22(27(3,24)25)13-7-12-20(23)21-18-10-6-9-17(14-18)15-26-2/h4-6,8-11,14H,7,12-13,15H2,1-3H3,(H,21,23). The average Bonchev–Trinajstić information content (AvgIpc) is 2.59. The van der Waals surface area contributed by atoms with Crippen molar-refractivity contribution in [3.63, 3.8) is 0 Å². The summed E-state index contributed by atoms with van der Waals surface area (Å²) < 4.78 is 30.8. The van der Waals surface area contributed by atoms with E-state index < -0.39 is 10.0 Å². The summed E-state index contributed by atoms with van der Waals surface area (Å²) in [5.41, 5.74) is 3.20. The van der Waals surface area contributed by atoms with Crippen LogP contribution in [0.25, 0.3) is 0 Å². The fourth-order valence-corrected chi connectivity index (χ4v) is 3.84. The summed E-state index contributed by atoms with van der Waals surface area (Å²) in [6.45, 7) is 2.59. The molecule has 0 heterocycles. The molecular weight excluding hydrogens is 364 g/mol. The van der Waals surface area contributed by atoms with E-state index in [-0.39, 0.29) is 18.9 Å². The number of nitrogens with one attached hydrogen (secondary N) is 1. The van der Waals surface area contributed by atoms with E-state index in [1.54, 1.807) is 19.2 Å². The lowest BCUT2D eigenvalue weighted by molar-refractivity contribution is -0.116. The Labute approximate surface area is 161 Å². The maximum atomic E-state index is 12.2. The number of rotatable bonds is 9. The molecule has 146 valence electrons. The lowest BCUT2D eigenvalue weighted by Gasteiger charge is -2.24. The van der Waals surface area contributed by atoms with Gasteiger partial charge in [-0.1, -0.05) is 30.3 Å². The minimum atomic E-state index is -3.42. The van der Waals surface area contributed by atoms with Gasteiger partial charge in [0.2, 0.25) is 15.9 Å². The smallest absolute Gasteiger partial charge is 0.232 e. The summed E-state index contributed by atoms with van der Waals surface area (Å²) >= 11 is 0. The molecule has 1 N–H and O–H groups in total. The summed E-state index contributed by atoms with van der Waals surface area (Å²) in [5, 5.41) is 2.84.